The van der Waals surface area contributed by atoms with E-state index in [4.69, 9.17) is 45.1 Å². The van der Waals surface area contributed by atoms with Gasteiger partial charge in [0.05, 0.1) is 119 Å². The maximum absolute atomic E-state index is 10.4. The molecule has 142 heavy (non-hydrogen) atoms. The van der Waals surface area contributed by atoms with Crippen molar-refractivity contribution in [3.8, 4) is 85.1 Å². The molecule has 26 rings (SSSR count). The molecular formula is C122H94BBrN10O8. The second-order valence-electron chi connectivity index (χ2n) is 34.1. The molecule has 0 unspecified atom stereocenters. The van der Waals surface area contributed by atoms with E-state index in [1.807, 2.05) is 103 Å². The van der Waals surface area contributed by atoms with Crippen LogP contribution in [0.4, 0.5) is 11.4 Å². The highest BCUT2D eigenvalue weighted by atomic mass is 79.9. The number of halogens is 1. The molecule has 0 aliphatic heterocycles. The lowest BCUT2D eigenvalue weighted by Crippen LogP contribution is -2.29. The Morgan fingerprint density at radius 3 is 1.23 bits per heavy atom. The van der Waals surface area contributed by atoms with Crippen LogP contribution in [0, 0.1) is 0 Å². The summed E-state index contributed by atoms with van der Waals surface area (Å²) >= 11 is 3.23. The normalized spacial score (nSPS) is 11.2. The molecule has 0 bridgehead atoms. The van der Waals surface area contributed by atoms with E-state index in [1.54, 1.807) is 71.9 Å². The van der Waals surface area contributed by atoms with Crippen LogP contribution in [0.2, 0.25) is 0 Å². The minimum absolute atomic E-state index is 0.503. The van der Waals surface area contributed by atoms with Crippen molar-refractivity contribution in [3.63, 3.8) is 0 Å². The smallest absolute Gasteiger partial charge is 0.488 e. The molecule has 0 radical (unpaired) electrons. The number of para-hydroxylation sites is 14. The molecule has 0 saturated carbocycles. The number of nitrogens with two attached hydrogens (primary N) is 2. The monoisotopic (exact) mass is 1920 g/mol. The van der Waals surface area contributed by atoms with Crippen LogP contribution in [0.15, 0.2) is 435 Å². The standard InChI is InChI=1S/C32H21N3O.C32H23N3O.C26H21NO2.C18H14BNO2.C8H7BrO2.C6H8N2/c1-36-21-15-16-22-23-17-18-29-30(24-11-5-7-13-27(24)34(29)20-9-3-2-4-10-20)31(23)35-28-14-8-6-12-26(28)33-32(35)25(22)19-21;1-36-23-16-17-24(27(20-23)32-33-28-12-6-7-13-29(28)34-32)21-15-18-31-26(19-21)25-11-5-8-14-30(25)35(31)22-9-3-2-4-10-22;1-28-20-13-14-21(26(17-20)29-2)18-12-15-25-23(16-18)22-10-6-7-11-24(22)27(25)19-8-4-3-5-9-19;21-19(22)13-10-11-18-16(12-13)15-8-4-5-9-17(15)20(18)14-6-2-1-3-7-14;1-11-7-2-3-8(9)6(4-7)5-10;7-5-3-1-2-4-6(5)8/h2-19H,1H3;2-20H,1H3,(H,33,34);3-17H,1-2H3;1-12,21-22H;2-5H,1H3;1-4H,7-8H2. The molecule has 20 heteroatoms. The molecule has 7 heterocycles. The zero-order valence-corrected chi connectivity index (χ0v) is 79.7. The first-order chi connectivity index (χ1) is 69.8. The first kappa shape index (κ1) is 90.5. The van der Waals surface area contributed by atoms with E-state index in [0.29, 0.717) is 28.2 Å². The van der Waals surface area contributed by atoms with E-state index < -0.39 is 7.12 Å². The van der Waals surface area contributed by atoms with Crippen LogP contribution in [0.5, 0.6) is 28.7 Å². The van der Waals surface area contributed by atoms with Crippen LogP contribution in [0.3, 0.4) is 0 Å². The third kappa shape index (κ3) is 17.1. The number of fused-ring (bicyclic) bond motifs is 22. The van der Waals surface area contributed by atoms with Crippen molar-refractivity contribution in [1.82, 2.24) is 37.6 Å². The number of hydrogen-bond acceptors (Lipinski definition) is 12. The van der Waals surface area contributed by atoms with Crippen LogP contribution in [0.25, 0.3) is 193 Å². The van der Waals surface area contributed by atoms with Crippen LogP contribution < -0.4 is 40.6 Å². The van der Waals surface area contributed by atoms with E-state index in [-0.39, 0.29) is 0 Å². The number of hydrogen-bond donors (Lipinski definition) is 5. The number of aromatic amines is 1. The Morgan fingerprint density at radius 2 is 0.718 bits per heavy atom. The van der Waals surface area contributed by atoms with Gasteiger partial charge in [0.2, 0.25) is 0 Å². The summed E-state index contributed by atoms with van der Waals surface area (Å²) < 4.78 is 39.4. The highest BCUT2D eigenvalue weighted by molar-refractivity contribution is 9.10. The predicted octanol–water partition coefficient (Wildman–Crippen LogP) is 28.0. The minimum Gasteiger partial charge on any atom is -0.497 e. The molecule has 19 aromatic carbocycles. The molecule has 7 aromatic heterocycles. The number of aromatic nitrogens is 8. The fraction of sp³-hybridized carbons (Fsp3) is 0.0410. The fourth-order valence-electron chi connectivity index (χ4n) is 19.3. The van der Waals surface area contributed by atoms with Gasteiger partial charge >= 0.3 is 7.12 Å². The molecule has 0 aliphatic rings. The van der Waals surface area contributed by atoms with Crippen LogP contribution in [-0.4, -0.2) is 96.6 Å². The summed E-state index contributed by atoms with van der Waals surface area (Å²) in [7, 11) is 6.88. The van der Waals surface area contributed by atoms with E-state index in [2.05, 4.69) is 335 Å². The highest BCUT2D eigenvalue weighted by Gasteiger charge is 2.25. The second-order valence-corrected chi connectivity index (χ2v) is 35.0. The first-order valence-corrected chi connectivity index (χ1v) is 47.2. The van der Waals surface area contributed by atoms with Gasteiger partial charge in [0, 0.05) is 104 Å². The van der Waals surface area contributed by atoms with Gasteiger partial charge in [-0.05, 0) is 240 Å². The Hall–Kier alpha value is -17.9. The fourth-order valence-corrected chi connectivity index (χ4v) is 19.7. The Morgan fingerprint density at radius 1 is 0.317 bits per heavy atom. The van der Waals surface area contributed by atoms with Gasteiger partial charge in [0.15, 0.2) is 6.29 Å². The number of anilines is 2. The molecule has 690 valence electrons. The zero-order valence-electron chi connectivity index (χ0n) is 78.2. The summed E-state index contributed by atoms with van der Waals surface area (Å²) in [5, 5.41) is 31.8. The summed E-state index contributed by atoms with van der Waals surface area (Å²) in [5.74, 6) is 4.74. The molecule has 18 nitrogen and oxygen atoms in total. The number of imidazole rings is 2. The molecule has 26 aromatic rings. The Kier molecular flexibility index (Phi) is 25.3. The number of H-pyrrole nitrogens is 1. The maximum Gasteiger partial charge on any atom is 0.488 e. The van der Waals surface area contributed by atoms with Gasteiger partial charge in [-0.25, -0.2) is 9.97 Å². The van der Waals surface area contributed by atoms with Gasteiger partial charge in [-0.1, -0.05) is 228 Å². The lowest BCUT2D eigenvalue weighted by Gasteiger charge is -2.12. The number of nitrogen functional groups attached to an aromatic ring is 2. The van der Waals surface area contributed by atoms with Crippen LogP contribution in [-0.2, 0) is 0 Å². The van der Waals surface area contributed by atoms with E-state index in [9.17, 15) is 14.8 Å². The Balaban J connectivity index is 0.000000106. The van der Waals surface area contributed by atoms with Gasteiger partial charge in [0.1, 0.15) is 40.2 Å². The lowest BCUT2D eigenvalue weighted by atomic mass is 9.80. The van der Waals surface area contributed by atoms with Crippen molar-refractivity contribution in [3.05, 3.63) is 441 Å². The van der Waals surface area contributed by atoms with Crippen molar-refractivity contribution < 1.29 is 38.5 Å². The number of ether oxygens (including phenoxy) is 5. The number of rotatable bonds is 14. The number of benzene rings is 19. The van der Waals surface area contributed by atoms with Gasteiger partial charge in [-0.3, -0.25) is 9.20 Å². The van der Waals surface area contributed by atoms with Crippen LogP contribution in [0.1, 0.15) is 10.4 Å². The van der Waals surface area contributed by atoms with Gasteiger partial charge < -0.3 is 68.5 Å². The molecule has 0 atom stereocenters. The SMILES string of the molecule is COc1ccc(-c2ccc3c(c2)c2ccccc2n3-c2ccccc2)c(-c2nc3ccccc3[nH]2)c1.COc1ccc(-c2ccc3c(c2)c2ccccc2n3-c2ccccc2)c(OC)c1.COc1ccc(Br)c(C=O)c1.COc1ccc2c(c1)c1nc3ccccc3n1c1c2ccc2c1c1ccccc1n2-c1ccccc1.Nc1ccccc1N.OB(O)c1ccc2c(c1)c1ccccc1n2-c1ccccc1. The van der Waals surface area contributed by atoms with E-state index >= 15 is 0 Å². The van der Waals surface area contributed by atoms with Crippen molar-refractivity contribution >= 4 is 183 Å². The Bertz CT molecular complexity index is 9170. The van der Waals surface area contributed by atoms with E-state index in [1.165, 1.54) is 81.7 Å². The lowest BCUT2D eigenvalue weighted by molar-refractivity contribution is 0.112. The number of aldehydes is 1. The largest absolute Gasteiger partial charge is 0.497 e. The highest BCUT2D eigenvalue weighted by Crippen LogP contribution is 2.46. The van der Waals surface area contributed by atoms with E-state index in [0.717, 1.165) is 145 Å². The average Bonchev–Trinajstić information content (AvgIpc) is 1.55. The summed E-state index contributed by atoms with van der Waals surface area (Å²) in [4.78, 5) is 23.9. The number of nitrogens with one attached hydrogen (secondary N) is 1. The quantitative estimate of drug-likeness (QED) is 0.0297. The first-order valence-electron chi connectivity index (χ1n) is 46.4. The third-order valence-corrected chi connectivity index (χ3v) is 26.7. The average molecular weight is 1920 g/mol. The van der Waals surface area contributed by atoms with Gasteiger partial charge in [0.25, 0.3) is 0 Å². The van der Waals surface area contributed by atoms with Crippen molar-refractivity contribution in [2.24, 2.45) is 0 Å². The second kappa shape index (κ2) is 39.6. The number of methoxy groups -OCH3 is 5. The number of nitrogens with zero attached hydrogens (tertiary/aromatic N) is 7. The molecule has 0 aliphatic carbocycles. The molecule has 0 saturated heterocycles. The summed E-state index contributed by atoms with van der Waals surface area (Å²) in [6.45, 7) is 0. The summed E-state index contributed by atoms with van der Waals surface area (Å²) in [5.41, 5.74) is 38.6. The van der Waals surface area contributed by atoms with Gasteiger partial charge in [-0.2, -0.15) is 0 Å². The van der Waals surface area contributed by atoms with Crippen molar-refractivity contribution in [2.75, 3.05) is 47.0 Å². The molecular weight excluding hydrogens is 1820 g/mol. The Labute approximate surface area is 826 Å². The minimum atomic E-state index is -1.46. The van der Waals surface area contributed by atoms with Gasteiger partial charge in [-0.15, -0.1) is 0 Å². The summed E-state index contributed by atoms with van der Waals surface area (Å²) in [6.07, 6.45) is 0.784. The molecule has 7 N–H and O–H groups in total. The number of carbonyl (C=O) groups is 1. The molecule has 0 spiro atoms. The van der Waals surface area contributed by atoms with Crippen molar-refractivity contribution in [2.45, 2.75) is 0 Å². The predicted molar refractivity (Wildman–Crippen MR) is 588 cm³/mol. The third-order valence-electron chi connectivity index (χ3n) is 26.0. The number of pyridine rings is 1. The topological polar surface area (TPSA) is 221 Å². The number of carbonyl (C=O) groups excluding carboxylic acids is 1. The maximum atomic E-state index is 10.4. The zero-order chi connectivity index (χ0) is 97.0. The molecule has 0 amide bonds. The summed E-state index contributed by atoms with van der Waals surface area (Å²) in [6, 6.07) is 147. The van der Waals surface area contributed by atoms with Crippen molar-refractivity contribution in [1.29, 1.82) is 0 Å². The molecule has 0 fully saturated rings. The van der Waals surface area contributed by atoms with Crippen LogP contribution >= 0.6 is 15.9 Å².